The first-order valence-electron chi connectivity index (χ1n) is 7.74. The molecule has 0 atom stereocenters. The maximum atomic E-state index is 12.2. The zero-order valence-electron chi connectivity index (χ0n) is 13.5. The highest BCUT2D eigenvalue weighted by atomic mass is 32.1. The van der Waals surface area contributed by atoms with Crippen molar-refractivity contribution in [1.29, 1.82) is 0 Å². The number of nitrogens with one attached hydrogen (secondary N) is 1. The predicted molar refractivity (Wildman–Crippen MR) is 99.0 cm³/mol. The van der Waals surface area contributed by atoms with Crippen LogP contribution < -0.4 is 5.32 Å². The molecular weight excluding hydrogens is 318 g/mol. The molecule has 1 N–H and O–H groups in total. The minimum Gasteiger partial charge on any atom is -0.301 e. The van der Waals surface area contributed by atoms with Crippen molar-refractivity contribution in [3.8, 4) is 11.3 Å². The minimum atomic E-state index is -0.0533. The molecule has 0 saturated carbocycles. The van der Waals surface area contributed by atoms with Gasteiger partial charge >= 0.3 is 0 Å². The van der Waals surface area contributed by atoms with Crippen LogP contribution in [0.1, 0.15) is 5.56 Å². The molecule has 5 heteroatoms. The number of thiazole rings is 1. The van der Waals surface area contributed by atoms with Gasteiger partial charge in [0.1, 0.15) is 0 Å². The summed E-state index contributed by atoms with van der Waals surface area (Å²) in [7, 11) is 1.93. The van der Waals surface area contributed by atoms with Crippen molar-refractivity contribution in [3.05, 3.63) is 71.6 Å². The van der Waals surface area contributed by atoms with E-state index < -0.39 is 0 Å². The third-order valence-electron chi connectivity index (χ3n) is 3.53. The lowest BCUT2D eigenvalue weighted by atomic mass is 10.2. The second kappa shape index (κ2) is 7.86. The topological polar surface area (TPSA) is 45.2 Å². The van der Waals surface area contributed by atoms with Crippen LogP contribution in [0.5, 0.6) is 0 Å². The monoisotopic (exact) mass is 337 g/mol. The molecule has 0 fully saturated rings. The van der Waals surface area contributed by atoms with E-state index in [1.165, 1.54) is 16.9 Å². The van der Waals surface area contributed by atoms with Crippen LogP contribution in [0, 0.1) is 0 Å². The Morgan fingerprint density at radius 2 is 1.75 bits per heavy atom. The van der Waals surface area contributed by atoms with E-state index in [0.29, 0.717) is 11.7 Å². The number of hydrogen-bond donors (Lipinski definition) is 1. The van der Waals surface area contributed by atoms with Gasteiger partial charge in [-0.2, -0.15) is 0 Å². The molecule has 0 spiro atoms. The molecular formula is C19H19N3OS. The van der Waals surface area contributed by atoms with Gasteiger partial charge in [-0.05, 0) is 12.6 Å². The van der Waals surface area contributed by atoms with E-state index in [1.54, 1.807) is 0 Å². The Balaban J connectivity index is 1.54. The van der Waals surface area contributed by atoms with Crippen molar-refractivity contribution in [2.45, 2.75) is 6.54 Å². The van der Waals surface area contributed by atoms with E-state index in [1.807, 2.05) is 65.9 Å². The summed E-state index contributed by atoms with van der Waals surface area (Å²) in [5, 5.41) is 5.46. The van der Waals surface area contributed by atoms with Gasteiger partial charge in [0.25, 0.3) is 0 Å². The second-order valence-corrected chi connectivity index (χ2v) is 6.47. The minimum absolute atomic E-state index is 0.0533. The van der Waals surface area contributed by atoms with E-state index in [4.69, 9.17) is 0 Å². The fourth-order valence-electron chi connectivity index (χ4n) is 2.43. The molecule has 0 unspecified atom stereocenters. The number of amides is 1. The Kier molecular flexibility index (Phi) is 5.36. The molecule has 2 aromatic carbocycles. The number of benzene rings is 2. The molecule has 3 rings (SSSR count). The fraction of sp³-hybridized carbons (Fsp3) is 0.158. The Labute approximate surface area is 145 Å². The number of aromatic nitrogens is 1. The standard InChI is InChI=1S/C19H19N3OS/c1-22(12-15-8-4-2-5-9-15)13-18(23)21-19-20-17(14-24-19)16-10-6-3-7-11-16/h2-11,14H,12-13H2,1H3,(H,20,21,23). The molecule has 0 bridgehead atoms. The lowest BCUT2D eigenvalue weighted by molar-refractivity contribution is -0.117. The van der Waals surface area contributed by atoms with Crippen molar-refractivity contribution in [1.82, 2.24) is 9.88 Å². The molecule has 0 radical (unpaired) electrons. The molecule has 0 saturated heterocycles. The number of carbonyl (C=O) groups is 1. The summed E-state index contributed by atoms with van der Waals surface area (Å²) < 4.78 is 0. The average molecular weight is 337 g/mol. The molecule has 122 valence electrons. The average Bonchev–Trinajstić information content (AvgIpc) is 3.04. The zero-order chi connectivity index (χ0) is 16.8. The highest BCUT2D eigenvalue weighted by Gasteiger charge is 2.10. The number of hydrogen-bond acceptors (Lipinski definition) is 4. The third kappa shape index (κ3) is 4.50. The highest BCUT2D eigenvalue weighted by molar-refractivity contribution is 7.14. The maximum absolute atomic E-state index is 12.2. The molecule has 0 aliphatic carbocycles. The van der Waals surface area contributed by atoms with Crippen LogP contribution in [-0.2, 0) is 11.3 Å². The van der Waals surface area contributed by atoms with E-state index in [0.717, 1.165) is 17.8 Å². The summed E-state index contributed by atoms with van der Waals surface area (Å²) in [6, 6.07) is 20.1. The smallest absolute Gasteiger partial charge is 0.240 e. The fourth-order valence-corrected chi connectivity index (χ4v) is 3.16. The summed E-state index contributed by atoms with van der Waals surface area (Å²) in [6.45, 7) is 1.07. The van der Waals surface area contributed by atoms with Crippen molar-refractivity contribution in [2.24, 2.45) is 0 Å². The first-order chi connectivity index (χ1) is 11.7. The first-order valence-corrected chi connectivity index (χ1v) is 8.62. The largest absolute Gasteiger partial charge is 0.301 e. The normalized spacial score (nSPS) is 10.8. The van der Waals surface area contributed by atoms with E-state index in [2.05, 4.69) is 22.4 Å². The van der Waals surface area contributed by atoms with Gasteiger partial charge in [0.05, 0.1) is 12.2 Å². The van der Waals surface area contributed by atoms with Crippen LogP contribution in [0.25, 0.3) is 11.3 Å². The highest BCUT2D eigenvalue weighted by Crippen LogP contribution is 2.24. The summed E-state index contributed by atoms with van der Waals surface area (Å²) in [5.41, 5.74) is 3.12. The maximum Gasteiger partial charge on any atom is 0.240 e. The molecule has 0 aliphatic rings. The zero-order valence-corrected chi connectivity index (χ0v) is 14.3. The Hall–Kier alpha value is -2.50. The Morgan fingerprint density at radius 3 is 2.46 bits per heavy atom. The number of likely N-dealkylation sites (N-methyl/N-ethyl adjacent to an activating group) is 1. The molecule has 0 aliphatic heterocycles. The number of rotatable bonds is 6. The van der Waals surface area contributed by atoms with Crippen LogP contribution >= 0.6 is 11.3 Å². The first kappa shape index (κ1) is 16.4. The van der Waals surface area contributed by atoms with Gasteiger partial charge in [-0.25, -0.2) is 4.98 Å². The van der Waals surface area contributed by atoms with Crippen molar-refractivity contribution in [3.63, 3.8) is 0 Å². The van der Waals surface area contributed by atoms with Crippen LogP contribution in [-0.4, -0.2) is 29.4 Å². The van der Waals surface area contributed by atoms with Crippen molar-refractivity contribution >= 4 is 22.4 Å². The Morgan fingerprint density at radius 1 is 1.08 bits per heavy atom. The summed E-state index contributed by atoms with van der Waals surface area (Å²) in [4.78, 5) is 18.6. The van der Waals surface area contributed by atoms with Gasteiger partial charge in [-0.15, -0.1) is 11.3 Å². The van der Waals surface area contributed by atoms with Gasteiger partial charge in [0.15, 0.2) is 5.13 Å². The Bertz CT molecular complexity index is 787. The van der Waals surface area contributed by atoms with Crippen LogP contribution in [0.15, 0.2) is 66.0 Å². The van der Waals surface area contributed by atoms with Gasteiger partial charge in [0, 0.05) is 17.5 Å². The lowest BCUT2D eigenvalue weighted by Gasteiger charge is -2.15. The van der Waals surface area contributed by atoms with Crippen molar-refractivity contribution < 1.29 is 4.79 Å². The summed E-state index contributed by atoms with van der Waals surface area (Å²) >= 11 is 1.44. The molecule has 4 nitrogen and oxygen atoms in total. The molecule has 24 heavy (non-hydrogen) atoms. The van der Waals surface area contributed by atoms with Crippen molar-refractivity contribution in [2.75, 3.05) is 18.9 Å². The second-order valence-electron chi connectivity index (χ2n) is 5.61. The van der Waals surface area contributed by atoms with Gasteiger partial charge in [-0.3, -0.25) is 9.69 Å². The molecule has 3 aromatic rings. The SMILES string of the molecule is CN(CC(=O)Nc1nc(-c2ccccc2)cs1)Cc1ccccc1. The van der Waals surface area contributed by atoms with Crippen LogP contribution in [0.3, 0.4) is 0 Å². The van der Waals surface area contributed by atoms with Gasteiger partial charge in [0.2, 0.25) is 5.91 Å². The quantitative estimate of drug-likeness (QED) is 0.742. The molecule has 1 aromatic heterocycles. The number of nitrogens with zero attached hydrogens (tertiary/aromatic N) is 2. The van der Waals surface area contributed by atoms with Crippen LogP contribution in [0.2, 0.25) is 0 Å². The van der Waals surface area contributed by atoms with Crippen LogP contribution in [0.4, 0.5) is 5.13 Å². The van der Waals surface area contributed by atoms with E-state index >= 15 is 0 Å². The summed E-state index contributed by atoms with van der Waals surface area (Å²) in [5.74, 6) is -0.0533. The predicted octanol–water partition coefficient (Wildman–Crippen LogP) is 3.88. The van der Waals surface area contributed by atoms with E-state index in [9.17, 15) is 4.79 Å². The summed E-state index contributed by atoms with van der Waals surface area (Å²) in [6.07, 6.45) is 0. The third-order valence-corrected chi connectivity index (χ3v) is 4.29. The molecule has 1 heterocycles. The molecule has 1 amide bonds. The van der Waals surface area contributed by atoms with E-state index in [-0.39, 0.29) is 5.91 Å². The number of anilines is 1. The van der Waals surface area contributed by atoms with Gasteiger partial charge < -0.3 is 5.32 Å². The number of carbonyl (C=O) groups excluding carboxylic acids is 1. The lowest BCUT2D eigenvalue weighted by Crippen LogP contribution is -2.29. The van der Waals surface area contributed by atoms with Gasteiger partial charge in [-0.1, -0.05) is 60.7 Å².